The molecule has 0 aliphatic rings. The van der Waals surface area contributed by atoms with Crippen molar-refractivity contribution >= 4 is 38.6 Å². The van der Waals surface area contributed by atoms with Crippen molar-refractivity contribution < 1.29 is 0 Å². The molecule has 2 rings (SSSR count). The largest absolute Gasteiger partial charge is 0.399 e. The molecular formula is C12H13BrN2S. The lowest BCUT2D eigenvalue weighted by molar-refractivity contribution is 1.16. The van der Waals surface area contributed by atoms with Gasteiger partial charge in [-0.3, -0.25) is 0 Å². The van der Waals surface area contributed by atoms with Crippen LogP contribution in [0.3, 0.4) is 0 Å². The number of hydrogen-bond acceptors (Lipinski definition) is 3. The zero-order valence-electron chi connectivity index (χ0n) is 8.96. The monoisotopic (exact) mass is 296 g/mol. The van der Waals surface area contributed by atoms with Gasteiger partial charge in [0.15, 0.2) is 0 Å². The van der Waals surface area contributed by atoms with Crippen molar-refractivity contribution in [2.75, 3.05) is 11.1 Å². The Morgan fingerprint density at radius 2 is 2.19 bits per heavy atom. The van der Waals surface area contributed by atoms with Crippen LogP contribution < -0.4 is 11.1 Å². The fraction of sp³-hybridized carbons (Fsp3) is 0.167. The third kappa shape index (κ3) is 2.57. The first-order valence-electron chi connectivity index (χ1n) is 4.98. The molecular weight excluding hydrogens is 284 g/mol. The molecule has 0 bridgehead atoms. The van der Waals surface area contributed by atoms with E-state index in [0.29, 0.717) is 0 Å². The van der Waals surface area contributed by atoms with Crippen LogP contribution in [0.1, 0.15) is 10.4 Å². The van der Waals surface area contributed by atoms with E-state index in [-0.39, 0.29) is 0 Å². The number of benzene rings is 1. The average Bonchev–Trinajstić information content (AvgIpc) is 2.63. The van der Waals surface area contributed by atoms with Gasteiger partial charge in [0, 0.05) is 27.3 Å². The topological polar surface area (TPSA) is 38.0 Å². The SMILES string of the molecule is Cc1ccsc1CNc1ccc(N)cc1Br. The highest BCUT2D eigenvalue weighted by Crippen LogP contribution is 2.26. The Morgan fingerprint density at radius 3 is 2.81 bits per heavy atom. The Hall–Kier alpha value is -1.00. The minimum absolute atomic E-state index is 0.768. The second-order valence-corrected chi connectivity index (χ2v) is 5.47. The summed E-state index contributed by atoms with van der Waals surface area (Å²) < 4.78 is 1.00. The van der Waals surface area contributed by atoms with Crippen LogP contribution in [-0.4, -0.2) is 0 Å². The molecule has 0 radical (unpaired) electrons. The lowest BCUT2D eigenvalue weighted by Gasteiger charge is -2.08. The van der Waals surface area contributed by atoms with E-state index in [1.54, 1.807) is 11.3 Å². The van der Waals surface area contributed by atoms with Crippen LogP contribution in [0, 0.1) is 6.92 Å². The van der Waals surface area contributed by atoms with Crippen molar-refractivity contribution in [1.82, 2.24) is 0 Å². The van der Waals surface area contributed by atoms with Gasteiger partial charge in [-0.2, -0.15) is 0 Å². The molecule has 2 aromatic rings. The molecule has 1 heterocycles. The van der Waals surface area contributed by atoms with Gasteiger partial charge in [-0.25, -0.2) is 0 Å². The first kappa shape index (κ1) is 11.5. The number of nitrogens with one attached hydrogen (secondary N) is 1. The normalized spacial score (nSPS) is 10.4. The molecule has 0 atom stereocenters. The predicted octanol–water partition coefficient (Wildman–Crippen LogP) is 4.01. The smallest absolute Gasteiger partial charge is 0.0497 e. The molecule has 16 heavy (non-hydrogen) atoms. The fourth-order valence-electron chi connectivity index (χ4n) is 1.44. The molecule has 0 amide bonds. The summed E-state index contributed by atoms with van der Waals surface area (Å²) in [5.74, 6) is 0. The summed E-state index contributed by atoms with van der Waals surface area (Å²) in [6, 6.07) is 7.93. The van der Waals surface area contributed by atoms with Gasteiger partial charge in [0.1, 0.15) is 0 Å². The number of aryl methyl sites for hydroxylation is 1. The standard InChI is InChI=1S/C12H13BrN2S/c1-8-4-5-16-12(8)7-15-11-3-2-9(14)6-10(11)13/h2-6,15H,7,14H2,1H3. The van der Waals surface area contributed by atoms with Gasteiger partial charge >= 0.3 is 0 Å². The van der Waals surface area contributed by atoms with E-state index in [1.807, 2.05) is 18.2 Å². The Morgan fingerprint density at radius 1 is 1.38 bits per heavy atom. The second-order valence-electron chi connectivity index (χ2n) is 3.62. The summed E-state index contributed by atoms with van der Waals surface area (Å²) in [6.45, 7) is 2.98. The highest BCUT2D eigenvalue weighted by Gasteiger charge is 2.02. The number of thiophene rings is 1. The summed E-state index contributed by atoms with van der Waals surface area (Å²) in [5, 5.41) is 5.51. The summed E-state index contributed by atoms with van der Waals surface area (Å²) in [4.78, 5) is 1.36. The molecule has 0 fully saturated rings. The summed E-state index contributed by atoms with van der Waals surface area (Å²) in [5.41, 5.74) is 8.86. The maximum absolute atomic E-state index is 5.69. The van der Waals surface area contributed by atoms with Crippen LogP contribution in [0.25, 0.3) is 0 Å². The molecule has 2 nitrogen and oxygen atoms in total. The van der Waals surface area contributed by atoms with E-state index in [0.717, 1.165) is 22.4 Å². The number of anilines is 2. The Bertz CT molecular complexity index is 494. The maximum atomic E-state index is 5.69. The van der Waals surface area contributed by atoms with Crippen molar-refractivity contribution in [3.8, 4) is 0 Å². The molecule has 0 saturated carbocycles. The molecule has 1 aromatic carbocycles. The van der Waals surface area contributed by atoms with Gasteiger partial charge in [0.25, 0.3) is 0 Å². The van der Waals surface area contributed by atoms with Crippen LogP contribution in [0.2, 0.25) is 0 Å². The quantitative estimate of drug-likeness (QED) is 0.840. The minimum Gasteiger partial charge on any atom is -0.399 e. The van der Waals surface area contributed by atoms with Gasteiger partial charge in [0.05, 0.1) is 0 Å². The van der Waals surface area contributed by atoms with Crippen molar-refractivity contribution in [3.05, 3.63) is 44.6 Å². The van der Waals surface area contributed by atoms with E-state index >= 15 is 0 Å². The molecule has 84 valence electrons. The average molecular weight is 297 g/mol. The van der Waals surface area contributed by atoms with Crippen molar-refractivity contribution in [2.45, 2.75) is 13.5 Å². The Labute approximate surface area is 108 Å². The van der Waals surface area contributed by atoms with Crippen molar-refractivity contribution in [2.24, 2.45) is 0 Å². The van der Waals surface area contributed by atoms with E-state index in [4.69, 9.17) is 5.73 Å². The fourth-order valence-corrected chi connectivity index (χ4v) is 2.82. The van der Waals surface area contributed by atoms with Gasteiger partial charge in [0.2, 0.25) is 0 Å². The van der Waals surface area contributed by atoms with E-state index in [2.05, 4.69) is 39.6 Å². The Balaban J connectivity index is 2.08. The van der Waals surface area contributed by atoms with E-state index in [1.165, 1.54) is 10.4 Å². The summed E-state index contributed by atoms with van der Waals surface area (Å²) in [7, 11) is 0. The van der Waals surface area contributed by atoms with Gasteiger partial charge in [-0.15, -0.1) is 11.3 Å². The summed E-state index contributed by atoms with van der Waals surface area (Å²) in [6.07, 6.45) is 0. The number of rotatable bonds is 3. The molecule has 0 aliphatic heterocycles. The Kier molecular flexibility index (Phi) is 3.51. The summed E-state index contributed by atoms with van der Waals surface area (Å²) >= 11 is 5.27. The lowest BCUT2D eigenvalue weighted by Crippen LogP contribution is -1.99. The first-order chi connectivity index (χ1) is 7.66. The number of nitrogens with two attached hydrogens (primary N) is 1. The van der Waals surface area contributed by atoms with Crippen LogP contribution >= 0.6 is 27.3 Å². The number of hydrogen-bond donors (Lipinski definition) is 2. The van der Waals surface area contributed by atoms with Crippen molar-refractivity contribution in [3.63, 3.8) is 0 Å². The number of halogens is 1. The second kappa shape index (κ2) is 4.89. The third-order valence-electron chi connectivity index (χ3n) is 2.40. The molecule has 0 aliphatic carbocycles. The predicted molar refractivity (Wildman–Crippen MR) is 74.9 cm³/mol. The zero-order valence-corrected chi connectivity index (χ0v) is 11.4. The lowest BCUT2D eigenvalue weighted by atomic mass is 10.2. The molecule has 1 aromatic heterocycles. The molecule has 3 N–H and O–H groups in total. The van der Waals surface area contributed by atoms with Gasteiger partial charge < -0.3 is 11.1 Å². The third-order valence-corrected chi connectivity index (χ3v) is 4.08. The van der Waals surface area contributed by atoms with Crippen LogP contribution in [0.15, 0.2) is 34.1 Å². The van der Waals surface area contributed by atoms with E-state index in [9.17, 15) is 0 Å². The maximum Gasteiger partial charge on any atom is 0.0497 e. The van der Waals surface area contributed by atoms with Crippen LogP contribution in [0.4, 0.5) is 11.4 Å². The molecule has 4 heteroatoms. The highest BCUT2D eigenvalue weighted by atomic mass is 79.9. The van der Waals surface area contributed by atoms with Gasteiger partial charge in [-0.1, -0.05) is 0 Å². The van der Waals surface area contributed by atoms with Crippen LogP contribution in [-0.2, 0) is 6.54 Å². The van der Waals surface area contributed by atoms with E-state index < -0.39 is 0 Å². The molecule has 0 saturated heterocycles. The zero-order chi connectivity index (χ0) is 11.5. The highest BCUT2D eigenvalue weighted by molar-refractivity contribution is 9.10. The number of nitrogen functional groups attached to an aromatic ring is 1. The van der Waals surface area contributed by atoms with Crippen LogP contribution in [0.5, 0.6) is 0 Å². The first-order valence-corrected chi connectivity index (χ1v) is 6.66. The molecule has 0 unspecified atom stereocenters. The van der Waals surface area contributed by atoms with Gasteiger partial charge in [-0.05, 0) is 58.1 Å². The molecule has 0 spiro atoms. The minimum atomic E-state index is 0.768. The van der Waals surface area contributed by atoms with Crippen molar-refractivity contribution in [1.29, 1.82) is 0 Å².